The van der Waals surface area contributed by atoms with Crippen LogP contribution in [0.4, 0.5) is 5.95 Å². The second-order valence-corrected chi connectivity index (χ2v) is 6.31. The van der Waals surface area contributed by atoms with Gasteiger partial charge in [-0.2, -0.15) is 5.10 Å². The van der Waals surface area contributed by atoms with E-state index in [4.69, 9.17) is 4.74 Å². The Morgan fingerprint density at radius 2 is 2.04 bits per heavy atom. The monoisotopic (exact) mass is 330 g/mol. The van der Waals surface area contributed by atoms with Gasteiger partial charge in [0.2, 0.25) is 5.95 Å². The van der Waals surface area contributed by atoms with Crippen molar-refractivity contribution in [2.75, 3.05) is 25.5 Å². The zero-order valence-electron chi connectivity index (χ0n) is 14.5. The van der Waals surface area contributed by atoms with Gasteiger partial charge in [0.15, 0.2) is 0 Å². The summed E-state index contributed by atoms with van der Waals surface area (Å²) in [5.41, 5.74) is 2.32. The quantitative estimate of drug-likeness (QED) is 0.797. The Kier molecular flexibility index (Phi) is 5.77. The Hall–Kier alpha value is -1.99. The summed E-state index contributed by atoms with van der Waals surface area (Å²) in [6, 6.07) is 0. The van der Waals surface area contributed by atoms with Crippen LogP contribution in [0, 0.1) is 0 Å². The summed E-state index contributed by atoms with van der Waals surface area (Å²) in [7, 11) is 2.09. The zero-order chi connectivity index (χ0) is 16.8. The molecule has 1 saturated heterocycles. The number of ether oxygens (including phenoxy) is 1. The van der Waals surface area contributed by atoms with Gasteiger partial charge in [-0.25, -0.2) is 9.97 Å². The van der Waals surface area contributed by atoms with Gasteiger partial charge in [0.05, 0.1) is 12.3 Å². The molecule has 1 atom stereocenters. The van der Waals surface area contributed by atoms with Crippen molar-refractivity contribution >= 4 is 5.95 Å². The molecule has 0 spiro atoms. The molecule has 1 N–H and O–H groups in total. The molecule has 0 aliphatic carbocycles. The van der Waals surface area contributed by atoms with Gasteiger partial charge in [0.25, 0.3) is 0 Å². The van der Waals surface area contributed by atoms with E-state index in [1.165, 1.54) is 5.56 Å². The summed E-state index contributed by atoms with van der Waals surface area (Å²) in [5.74, 6) is 0.668. The maximum absolute atomic E-state index is 5.59. The molecule has 3 rings (SSSR count). The van der Waals surface area contributed by atoms with Crippen LogP contribution in [0.15, 0.2) is 24.8 Å². The minimum absolute atomic E-state index is 0.295. The van der Waals surface area contributed by atoms with Crippen LogP contribution in [0.5, 0.6) is 0 Å². The molecule has 1 fully saturated rings. The number of aryl methyl sites for hydroxylation is 1. The van der Waals surface area contributed by atoms with Gasteiger partial charge in [-0.05, 0) is 26.8 Å². The third-order valence-corrected chi connectivity index (χ3v) is 4.13. The first-order valence-corrected chi connectivity index (χ1v) is 8.59. The molecule has 0 amide bonds. The average molecular weight is 330 g/mol. The van der Waals surface area contributed by atoms with E-state index in [2.05, 4.69) is 45.5 Å². The van der Waals surface area contributed by atoms with Crippen molar-refractivity contribution in [1.29, 1.82) is 0 Å². The van der Waals surface area contributed by atoms with E-state index in [1.807, 2.05) is 23.3 Å². The first-order valence-electron chi connectivity index (χ1n) is 8.59. The van der Waals surface area contributed by atoms with Crippen molar-refractivity contribution in [2.45, 2.75) is 45.5 Å². The largest absolute Gasteiger partial charge is 0.376 e. The Balaban J connectivity index is 1.46. The van der Waals surface area contributed by atoms with Crippen LogP contribution >= 0.6 is 0 Å². The minimum atomic E-state index is 0.295. The van der Waals surface area contributed by atoms with E-state index in [1.54, 1.807) is 0 Å². The van der Waals surface area contributed by atoms with Crippen LogP contribution in [0.1, 0.15) is 30.9 Å². The maximum Gasteiger partial charge on any atom is 0.222 e. The smallest absolute Gasteiger partial charge is 0.222 e. The van der Waals surface area contributed by atoms with Crippen molar-refractivity contribution in [2.24, 2.45) is 0 Å². The maximum atomic E-state index is 5.59. The number of hydrogen-bond acceptors (Lipinski definition) is 6. The molecule has 2 aromatic heterocycles. The first-order chi connectivity index (χ1) is 11.7. The van der Waals surface area contributed by atoms with E-state index in [0.29, 0.717) is 12.1 Å². The van der Waals surface area contributed by atoms with Crippen molar-refractivity contribution in [1.82, 2.24) is 24.6 Å². The van der Waals surface area contributed by atoms with Crippen LogP contribution < -0.4 is 5.32 Å². The summed E-state index contributed by atoms with van der Waals surface area (Å²) in [5, 5.41) is 7.55. The molecule has 3 heterocycles. The minimum Gasteiger partial charge on any atom is -0.376 e. The van der Waals surface area contributed by atoms with E-state index in [9.17, 15) is 0 Å². The first kappa shape index (κ1) is 16.9. The Labute approximate surface area is 143 Å². The average Bonchev–Trinajstić information content (AvgIpc) is 3.25. The fraction of sp³-hybridized carbons (Fsp3) is 0.588. The summed E-state index contributed by atoms with van der Waals surface area (Å²) >= 11 is 0. The van der Waals surface area contributed by atoms with Gasteiger partial charge in [0.1, 0.15) is 0 Å². The molecule has 7 nitrogen and oxygen atoms in total. The van der Waals surface area contributed by atoms with Crippen LogP contribution in [-0.4, -0.2) is 51.0 Å². The van der Waals surface area contributed by atoms with Crippen LogP contribution in [0.25, 0.3) is 0 Å². The lowest BCUT2D eigenvalue weighted by molar-refractivity contribution is 0.120. The fourth-order valence-corrected chi connectivity index (χ4v) is 2.88. The molecule has 1 aliphatic heterocycles. The molecular formula is C17H26N6O. The highest BCUT2D eigenvalue weighted by molar-refractivity contribution is 5.25. The number of hydrogen-bond donors (Lipinski definition) is 1. The Morgan fingerprint density at radius 3 is 2.71 bits per heavy atom. The van der Waals surface area contributed by atoms with Crippen molar-refractivity contribution in [3.63, 3.8) is 0 Å². The van der Waals surface area contributed by atoms with E-state index in [0.717, 1.165) is 51.2 Å². The van der Waals surface area contributed by atoms with Gasteiger partial charge in [0, 0.05) is 62.5 Å². The molecule has 130 valence electrons. The number of rotatable bonds is 8. The molecule has 1 aliphatic rings. The lowest BCUT2D eigenvalue weighted by Gasteiger charge is -2.15. The van der Waals surface area contributed by atoms with Crippen LogP contribution in [0.2, 0.25) is 0 Å². The third kappa shape index (κ3) is 4.75. The molecule has 0 radical (unpaired) electrons. The van der Waals surface area contributed by atoms with Crippen molar-refractivity contribution < 1.29 is 4.74 Å². The number of nitrogens with zero attached hydrogens (tertiary/aromatic N) is 5. The lowest BCUT2D eigenvalue weighted by Crippen LogP contribution is -2.20. The topological polar surface area (TPSA) is 68.1 Å². The predicted octanol–water partition coefficient (Wildman–Crippen LogP) is 1.92. The van der Waals surface area contributed by atoms with Gasteiger partial charge in [-0.15, -0.1) is 0 Å². The molecule has 2 aromatic rings. The second-order valence-electron chi connectivity index (χ2n) is 6.31. The molecule has 7 heteroatoms. The number of anilines is 1. The summed E-state index contributed by atoms with van der Waals surface area (Å²) in [6.07, 6.45) is 10.3. The molecule has 0 bridgehead atoms. The van der Waals surface area contributed by atoms with Crippen molar-refractivity contribution in [3.05, 3.63) is 35.9 Å². The molecule has 24 heavy (non-hydrogen) atoms. The SMILES string of the molecule is CCn1cc(CN(C)Cc2cnc(NC[C@@H]3CCCO3)nc2)cn1. The Bertz CT molecular complexity index is 620. The predicted molar refractivity (Wildman–Crippen MR) is 92.6 cm³/mol. The van der Waals surface area contributed by atoms with Gasteiger partial charge in [-0.3, -0.25) is 9.58 Å². The molecule has 0 unspecified atom stereocenters. The standard InChI is InChI=1S/C17H26N6O/c1-3-23-13-15(9-21-23)12-22(2)11-14-7-18-17(19-8-14)20-10-16-5-4-6-24-16/h7-9,13,16H,3-6,10-12H2,1-2H3,(H,18,19,20)/t16-/m0/s1. The van der Waals surface area contributed by atoms with Crippen LogP contribution in [-0.2, 0) is 24.4 Å². The molecule has 0 aromatic carbocycles. The second kappa shape index (κ2) is 8.21. The van der Waals surface area contributed by atoms with Gasteiger partial charge in [-0.1, -0.05) is 0 Å². The van der Waals surface area contributed by atoms with Crippen molar-refractivity contribution in [3.8, 4) is 0 Å². The molecule has 0 saturated carbocycles. The normalized spacial score (nSPS) is 17.5. The number of nitrogens with one attached hydrogen (secondary N) is 1. The van der Waals surface area contributed by atoms with Gasteiger partial charge >= 0.3 is 0 Å². The summed E-state index contributed by atoms with van der Waals surface area (Å²) in [6.45, 7) is 6.31. The molecular weight excluding hydrogens is 304 g/mol. The van der Waals surface area contributed by atoms with E-state index >= 15 is 0 Å². The highest BCUT2D eigenvalue weighted by Crippen LogP contribution is 2.12. The number of aromatic nitrogens is 4. The van der Waals surface area contributed by atoms with Gasteiger partial charge < -0.3 is 10.1 Å². The third-order valence-electron chi connectivity index (χ3n) is 4.13. The Morgan fingerprint density at radius 1 is 1.25 bits per heavy atom. The van der Waals surface area contributed by atoms with Crippen LogP contribution in [0.3, 0.4) is 0 Å². The van der Waals surface area contributed by atoms with E-state index in [-0.39, 0.29) is 0 Å². The fourth-order valence-electron chi connectivity index (χ4n) is 2.88. The van der Waals surface area contributed by atoms with E-state index < -0.39 is 0 Å². The zero-order valence-corrected chi connectivity index (χ0v) is 14.5. The highest BCUT2D eigenvalue weighted by Gasteiger charge is 2.15. The summed E-state index contributed by atoms with van der Waals surface area (Å²) in [4.78, 5) is 11.0. The highest BCUT2D eigenvalue weighted by atomic mass is 16.5. The lowest BCUT2D eigenvalue weighted by atomic mass is 10.2. The summed E-state index contributed by atoms with van der Waals surface area (Å²) < 4.78 is 7.53.